The molecule has 3 atom stereocenters. The molecule has 0 saturated heterocycles. The van der Waals surface area contributed by atoms with E-state index in [1.165, 1.54) is 4.90 Å². The monoisotopic (exact) mass is 310 g/mol. The minimum atomic E-state index is -4.20. The van der Waals surface area contributed by atoms with Crippen LogP contribution in [-0.4, -0.2) is 42.9 Å². The van der Waals surface area contributed by atoms with Gasteiger partial charge in [-0.1, -0.05) is 13.3 Å². The highest BCUT2D eigenvalue weighted by Crippen LogP contribution is 2.39. The first-order chi connectivity index (χ1) is 9.81. The van der Waals surface area contributed by atoms with E-state index in [2.05, 4.69) is 0 Å². The average molecular weight is 310 g/mol. The molecular weight excluding hydrogens is 285 g/mol. The molecule has 0 aromatic carbocycles. The molecule has 21 heavy (non-hydrogen) atoms. The Bertz CT molecular complexity index is 337. The Morgan fingerprint density at radius 3 is 2.57 bits per heavy atom. The predicted octanol–water partition coefficient (Wildman–Crippen LogP) is 3.30. The number of urea groups is 1. The summed E-state index contributed by atoms with van der Waals surface area (Å²) in [5.74, 6) is -1.34. The lowest BCUT2D eigenvalue weighted by Gasteiger charge is -2.41. The van der Waals surface area contributed by atoms with E-state index in [1.54, 1.807) is 7.11 Å². The fourth-order valence-corrected chi connectivity index (χ4v) is 3.17. The lowest BCUT2D eigenvalue weighted by Crippen LogP contribution is -2.52. The average Bonchev–Trinajstić information content (AvgIpc) is 2.42. The standard InChI is InChI=1S/C14H25F3N2O2/c1-3-11(7-8-21-2)19(13(18)20)12-6-4-5-10(9-12)14(15,16)17/h10-12H,3-9H2,1-2H3,(H2,18,20). The quantitative estimate of drug-likeness (QED) is 0.818. The first-order valence-electron chi connectivity index (χ1n) is 7.44. The maximum atomic E-state index is 12.9. The van der Waals surface area contributed by atoms with Crippen molar-refractivity contribution in [1.82, 2.24) is 4.90 Å². The summed E-state index contributed by atoms with van der Waals surface area (Å²) in [5, 5.41) is 0. The van der Waals surface area contributed by atoms with Crippen LogP contribution >= 0.6 is 0 Å². The third-order valence-electron chi connectivity index (χ3n) is 4.28. The number of carbonyl (C=O) groups excluding carboxylic acids is 1. The van der Waals surface area contributed by atoms with Crippen molar-refractivity contribution < 1.29 is 22.7 Å². The van der Waals surface area contributed by atoms with Gasteiger partial charge < -0.3 is 15.4 Å². The number of carbonyl (C=O) groups is 1. The van der Waals surface area contributed by atoms with Crippen molar-refractivity contribution in [2.45, 2.75) is 63.7 Å². The zero-order chi connectivity index (χ0) is 16.0. The fraction of sp³-hybridized carbons (Fsp3) is 0.929. The number of rotatable bonds is 6. The van der Waals surface area contributed by atoms with Crippen LogP contribution in [0.3, 0.4) is 0 Å². The topological polar surface area (TPSA) is 55.6 Å². The normalized spacial score (nSPS) is 24.6. The summed E-state index contributed by atoms with van der Waals surface area (Å²) in [6, 6.07) is -1.23. The summed E-state index contributed by atoms with van der Waals surface area (Å²) in [6.45, 7) is 2.36. The van der Waals surface area contributed by atoms with E-state index >= 15 is 0 Å². The first-order valence-corrected chi connectivity index (χ1v) is 7.44. The molecule has 124 valence electrons. The third kappa shape index (κ3) is 5.05. The highest BCUT2D eigenvalue weighted by atomic mass is 19.4. The Balaban J connectivity index is 2.81. The van der Waals surface area contributed by atoms with Crippen molar-refractivity contribution >= 4 is 6.03 Å². The number of ether oxygens (including phenoxy) is 1. The molecule has 0 bridgehead atoms. The smallest absolute Gasteiger partial charge is 0.385 e. The number of nitrogens with zero attached hydrogens (tertiary/aromatic N) is 1. The fourth-order valence-electron chi connectivity index (χ4n) is 3.17. The van der Waals surface area contributed by atoms with Gasteiger partial charge in [-0.3, -0.25) is 0 Å². The number of hydrogen-bond donors (Lipinski definition) is 1. The molecule has 2 N–H and O–H groups in total. The van der Waals surface area contributed by atoms with E-state index in [0.29, 0.717) is 32.3 Å². The van der Waals surface area contributed by atoms with Gasteiger partial charge >= 0.3 is 12.2 Å². The molecule has 1 aliphatic carbocycles. The van der Waals surface area contributed by atoms with E-state index in [0.717, 1.165) is 0 Å². The van der Waals surface area contributed by atoms with Crippen LogP contribution in [0.25, 0.3) is 0 Å². The summed E-state index contributed by atoms with van der Waals surface area (Å²) in [7, 11) is 1.56. The lowest BCUT2D eigenvalue weighted by atomic mass is 9.83. The van der Waals surface area contributed by atoms with Gasteiger partial charge in [-0.2, -0.15) is 13.2 Å². The van der Waals surface area contributed by atoms with Crippen LogP contribution in [0.5, 0.6) is 0 Å². The van der Waals surface area contributed by atoms with Gasteiger partial charge in [0.05, 0.1) is 5.92 Å². The van der Waals surface area contributed by atoms with E-state index in [-0.39, 0.29) is 18.9 Å². The number of hydrogen-bond acceptors (Lipinski definition) is 2. The number of methoxy groups -OCH3 is 1. The molecule has 0 aromatic rings. The SMILES string of the molecule is CCC(CCOC)N(C(N)=O)C1CCCC(C(F)(F)F)C1. The lowest BCUT2D eigenvalue weighted by molar-refractivity contribution is -0.186. The van der Waals surface area contributed by atoms with Gasteiger partial charge in [0.15, 0.2) is 0 Å². The zero-order valence-corrected chi connectivity index (χ0v) is 12.7. The van der Waals surface area contributed by atoms with E-state index in [9.17, 15) is 18.0 Å². The van der Waals surface area contributed by atoms with Crippen molar-refractivity contribution in [2.75, 3.05) is 13.7 Å². The second kappa shape index (κ2) is 7.87. The Morgan fingerprint density at radius 1 is 1.43 bits per heavy atom. The van der Waals surface area contributed by atoms with Crippen LogP contribution in [0.4, 0.5) is 18.0 Å². The van der Waals surface area contributed by atoms with E-state index in [4.69, 9.17) is 10.5 Å². The molecule has 0 aromatic heterocycles. The molecule has 0 radical (unpaired) electrons. The Hall–Kier alpha value is -0.980. The Labute approximate surface area is 123 Å². The van der Waals surface area contributed by atoms with Gasteiger partial charge in [0.1, 0.15) is 0 Å². The van der Waals surface area contributed by atoms with Crippen LogP contribution in [0.15, 0.2) is 0 Å². The van der Waals surface area contributed by atoms with Gasteiger partial charge in [0, 0.05) is 25.8 Å². The molecule has 1 saturated carbocycles. The maximum Gasteiger partial charge on any atom is 0.391 e. The van der Waals surface area contributed by atoms with Crippen molar-refractivity contribution in [3.8, 4) is 0 Å². The minimum absolute atomic E-state index is 0.0457. The van der Waals surface area contributed by atoms with Crippen LogP contribution < -0.4 is 5.73 Å². The third-order valence-corrected chi connectivity index (χ3v) is 4.28. The molecule has 3 unspecified atom stereocenters. The second-order valence-electron chi connectivity index (χ2n) is 5.65. The molecule has 7 heteroatoms. The summed E-state index contributed by atoms with van der Waals surface area (Å²) >= 11 is 0. The van der Waals surface area contributed by atoms with Gasteiger partial charge in [0.2, 0.25) is 0 Å². The van der Waals surface area contributed by atoms with Crippen LogP contribution in [0.2, 0.25) is 0 Å². The number of halogens is 3. The highest BCUT2D eigenvalue weighted by molar-refractivity contribution is 5.72. The summed E-state index contributed by atoms with van der Waals surface area (Å²) in [6.07, 6.45) is -1.81. The largest absolute Gasteiger partial charge is 0.391 e. The molecule has 0 heterocycles. The Kier molecular flexibility index (Phi) is 6.77. The van der Waals surface area contributed by atoms with E-state index < -0.39 is 24.2 Å². The molecule has 4 nitrogen and oxygen atoms in total. The number of primary amides is 1. The number of alkyl halides is 3. The molecular formula is C14H25F3N2O2. The second-order valence-corrected chi connectivity index (χ2v) is 5.65. The summed E-state index contributed by atoms with van der Waals surface area (Å²) < 4.78 is 43.7. The van der Waals surface area contributed by atoms with Gasteiger partial charge in [-0.25, -0.2) is 4.79 Å². The molecule has 0 aliphatic heterocycles. The zero-order valence-electron chi connectivity index (χ0n) is 12.7. The maximum absolute atomic E-state index is 12.9. The molecule has 2 amide bonds. The summed E-state index contributed by atoms with van der Waals surface area (Å²) in [4.78, 5) is 13.2. The van der Waals surface area contributed by atoms with E-state index in [1.807, 2.05) is 6.92 Å². The van der Waals surface area contributed by atoms with Crippen molar-refractivity contribution in [2.24, 2.45) is 11.7 Å². The summed E-state index contributed by atoms with van der Waals surface area (Å²) in [5.41, 5.74) is 5.44. The molecule has 1 fully saturated rings. The number of nitrogens with two attached hydrogens (primary N) is 1. The van der Waals surface area contributed by atoms with Crippen LogP contribution in [0, 0.1) is 5.92 Å². The molecule has 0 spiro atoms. The Morgan fingerprint density at radius 2 is 2.10 bits per heavy atom. The first kappa shape index (κ1) is 18.1. The van der Waals surface area contributed by atoms with Crippen LogP contribution in [0.1, 0.15) is 45.4 Å². The van der Waals surface area contributed by atoms with Gasteiger partial charge in [0.25, 0.3) is 0 Å². The van der Waals surface area contributed by atoms with Crippen molar-refractivity contribution in [3.63, 3.8) is 0 Å². The highest BCUT2D eigenvalue weighted by Gasteiger charge is 2.44. The van der Waals surface area contributed by atoms with Crippen LogP contribution in [-0.2, 0) is 4.74 Å². The molecule has 1 aliphatic rings. The van der Waals surface area contributed by atoms with Crippen molar-refractivity contribution in [3.05, 3.63) is 0 Å². The minimum Gasteiger partial charge on any atom is -0.385 e. The van der Waals surface area contributed by atoms with Gasteiger partial charge in [-0.05, 0) is 32.1 Å². The molecule has 1 rings (SSSR count). The predicted molar refractivity (Wildman–Crippen MR) is 73.8 cm³/mol. The number of amides is 2. The van der Waals surface area contributed by atoms with Crippen molar-refractivity contribution in [1.29, 1.82) is 0 Å². The van der Waals surface area contributed by atoms with Gasteiger partial charge in [-0.15, -0.1) is 0 Å².